The van der Waals surface area contributed by atoms with E-state index < -0.39 is 0 Å². The second-order valence-electron chi connectivity index (χ2n) is 13.8. The molecule has 182 valence electrons. The van der Waals surface area contributed by atoms with Gasteiger partial charge in [-0.1, -0.05) is 87.5 Å². The van der Waals surface area contributed by atoms with Crippen LogP contribution in [0.1, 0.15) is 139 Å². The SMILES string of the molecule is CC(C)CCC[C@@H](C)C1CC[C@H]2C3CC[C@H]4CC(C)CCC4(C)[C@H]3CCC12C.CCC. The zero-order chi connectivity index (χ0) is 22.8. The van der Waals surface area contributed by atoms with Gasteiger partial charge >= 0.3 is 0 Å². The molecule has 0 heteroatoms. The summed E-state index contributed by atoms with van der Waals surface area (Å²) in [6.07, 6.45) is 19.6. The Balaban J connectivity index is 0.000000858. The monoisotopic (exact) mass is 430 g/mol. The van der Waals surface area contributed by atoms with Crippen LogP contribution < -0.4 is 0 Å². The summed E-state index contributed by atoms with van der Waals surface area (Å²) in [5, 5.41) is 0. The predicted octanol–water partition coefficient (Wildman–Crippen LogP) is 10.2. The minimum atomic E-state index is 0.670. The lowest BCUT2D eigenvalue weighted by Crippen LogP contribution is -2.53. The lowest BCUT2D eigenvalue weighted by atomic mass is 9.44. The summed E-state index contributed by atoms with van der Waals surface area (Å²) < 4.78 is 0. The van der Waals surface area contributed by atoms with Crippen molar-refractivity contribution in [3.63, 3.8) is 0 Å². The van der Waals surface area contributed by atoms with E-state index in [-0.39, 0.29) is 0 Å². The molecule has 0 saturated heterocycles. The molecule has 4 fully saturated rings. The standard InChI is InChI=1S/C28H50.C3H8/c1-19(2)8-7-9-21(4)24-12-13-25-23-11-10-22-18-20(3)14-16-27(22,5)26(23)15-17-28(24,25)6;1-3-2/h19-26H,7-18H2,1-6H3;3H2,1-2H3/t20?,21-,22+,23?,24?,25+,26+,27?,28?;/m1./s1. The summed E-state index contributed by atoms with van der Waals surface area (Å²) in [5.74, 6) is 8.08. The first-order valence-electron chi connectivity index (χ1n) is 14.7. The van der Waals surface area contributed by atoms with Crippen LogP contribution >= 0.6 is 0 Å². The molecule has 0 heterocycles. The van der Waals surface area contributed by atoms with E-state index in [4.69, 9.17) is 0 Å². The van der Waals surface area contributed by atoms with Crippen LogP contribution in [0.5, 0.6) is 0 Å². The summed E-state index contributed by atoms with van der Waals surface area (Å²) in [7, 11) is 0. The summed E-state index contributed by atoms with van der Waals surface area (Å²) in [4.78, 5) is 0. The number of hydrogen-bond acceptors (Lipinski definition) is 0. The Labute approximate surface area is 197 Å². The second kappa shape index (κ2) is 10.5. The molecule has 0 aromatic heterocycles. The minimum absolute atomic E-state index is 0.670. The van der Waals surface area contributed by atoms with E-state index in [9.17, 15) is 0 Å². The molecule has 31 heavy (non-hydrogen) atoms. The lowest BCUT2D eigenvalue weighted by molar-refractivity contribution is -0.120. The van der Waals surface area contributed by atoms with Crippen molar-refractivity contribution in [1.82, 2.24) is 0 Å². The Morgan fingerprint density at radius 2 is 1.42 bits per heavy atom. The fourth-order valence-corrected chi connectivity index (χ4v) is 9.50. The van der Waals surface area contributed by atoms with Crippen LogP contribution in [0.4, 0.5) is 0 Å². The maximum absolute atomic E-state index is 2.75. The maximum atomic E-state index is 2.75. The van der Waals surface area contributed by atoms with Crippen molar-refractivity contribution in [3.8, 4) is 0 Å². The number of fused-ring (bicyclic) bond motifs is 5. The van der Waals surface area contributed by atoms with E-state index in [0.29, 0.717) is 10.8 Å². The fourth-order valence-electron chi connectivity index (χ4n) is 9.50. The molecule has 0 aromatic carbocycles. The van der Waals surface area contributed by atoms with Gasteiger partial charge in [-0.05, 0) is 110 Å². The molecule has 4 aliphatic rings. The van der Waals surface area contributed by atoms with Crippen LogP contribution in [0.25, 0.3) is 0 Å². The van der Waals surface area contributed by atoms with Crippen molar-refractivity contribution in [2.75, 3.05) is 0 Å². The van der Waals surface area contributed by atoms with E-state index in [1.165, 1.54) is 38.5 Å². The second-order valence-corrected chi connectivity index (χ2v) is 13.8. The first-order chi connectivity index (χ1) is 14.7. The zero-order valence-electron chi connectivity index (χ0n) is 22.8. The Kier molecular flexibility index (Phi) is 8.68. The highest BCUT2D eigenvalue weighted by molar-refractivity contribution is 5.09. The summed E-state index contributed by atoms with van der Waals surface area (Å²) in [6.45, 7) is 19.7. The molecule has 9 atom stereocenters. The van der Waals surface area contributed by atoms with Crippen molar-refractivity contribution in [3.05, 3.63) is 0 Å². The van der Waals surface area contributed by atoms with Gasteiger partial charge in [0.05, 0.1) is 0 Å². The van der Waals surface area contributed by atoms with Gasteiger partial charge in [-0.15, -0.1) is 0 Å². The molecule has 0 radical (unpaired) electrons. The Hall–Kier alpha value is 0. The highest BCUT2D eigenvalue weighted by Gasteiger charge is 2.60. The highest BCUT2D eigenvalue weighted by Crippen LogP contribution is 2.68. The topological polar surface area (TPSA) is 0 Å². The first-order valence-corrected chi connectivity index (χ1v) is 14.7. The fraction of sp³-hybridized carbons (Fsp3) is 1.00. The van der Waals surface area contributed by atoms with Gasteiger partial charge in [-0.3, -0.25) is 0 Å². The Bertz CT molecular complexity index is 548. The van der Waals surface area contributed by atoms with Crippen LogP contribution in [0.2, 0.25) is 0 Å². The van der Waals surface area contributed by atoms with Crippen LogP contribution in [0, 0.1) is 58.2 Å². The van der Waals surface area contributed by atoms with Crippen LogP contribution in [-0.2, 0) is 0 Å². The maximum Gasteiger partial charge on any atom is -0.0264 e. The van der Waals surface area contributed by atoms with E-state index in [0.717, 1.165) is 47.3 Å². The molecule has 4 aliphatic carbocycles. The summed E-state index contributed by atoms with van der Waals surface area (Å²) in [6, 6.07) is 0. The molecule has 5 unspecified atom stereocenters. The van der Waals surface area contributed by atoms with Crippen LogP contribution in [0.3, 0.4) is 0 Å². The van der Waals surface area contributed by atoms with Crippen molar-refractivity contribution < 1.29 is 0 Å². The molecule has 0 aromatic rings. The summed E-state index contributed by atoms with van der Waals surface area (Å²) in [5.41, 5.74) is 1.36. The quantitative estimate of drug-likeness (QED) is 0.407. The average molecular weight is 431 g/mol. The third kappa shape index (κ3) is 5.09. The number of rotatable bonds is 5. The molecule has 4 rings (SSSR count). The van der Waals surface area contributed by atoms with Crippen molar-refractivity contribution in [2.45, 2.75) is 139 Å². The van der Waals surface area contributed by atoms with Crippen LogP contribution in [-0.4, -0.2) is 0 Å². The van der Waals surface area contributed by atoms with Gasteiger partial charge in [0.1, 0.15) is 0 Å². The smallest absolute Gasteiger partial charge is 0.0264 e. The third-order valence-electron chi connectivity index (χ3n) is 11.1. The van der Waals surface area contributed by atoms with Gasteiger partial charge in [0.2, 0.25) is 0 Å². The molecule has 0 spiro atoms. The Morgan fingerprint density at radius 3 is 2.10 bits per heavy atom. The normalized spacial score (nSPS) is 45.2. The molecule has 0 aliphatic heterocycles. The predicted molar refractivity (Wildman–Crippen MR) is 138 cm³/mol. The molecular weight excluding hydrogens is 372 g/mol. The third-order valence-corrected chi connectivity index (χ3v) is 11.1. The minimum Gasteiger partial charge on any atom is -0.0656 e. The van der Waals surface area contributed by atoms with Gasteiger partial charge in [0, 0.05) is 0 Å². The van der Waals surface area contributed by atoms with Crippen LogP contribution in [0.15, 0.2) is 0 Å². The largest absolute Gasteiger partial charge is 0.0656 e. The zero-order valence-corrected chi connectivity index (χ0v) is 22.8. The van der Waals surface area contributed by atoms with Gasteiger partial charge in [0.15, 0.2) is 0 Å². The van der Waals surface area contributed by atoms with E-state index in [1.807, 2.05) is 0 Å². The van der Waals surface area contributed by atoms with Crippen molar-refractivity contribution in [2.24, 2.45) is 58.2 Å². The average Bonchev–Trinajstić information content (AvgIpc) is 3.06. The Morgan fingerprint density at radius 1 is 0.774 bits per heavy atom. The van der Waals surface area contributed by atoms with Gasteiger partial charge in [-0.25, -0.2) is 0 Å². The molecule has 0 nitrogen and oxygen atoms in total. The lowest BCUT2D eigenvalue weighted by Gasteiger charge is -2.61. The molecule has 0 N–H and O–H groups in total. The van der Waals surface area contributed by atoms with E-state index in [2.05, 4.69) is 55.4 Å². The molecule has 0 amide bonds. The van der Waals surface area contributed by atoms with Crippen molar-refractivity contribution in [1.29, 1.82) is 0 Å². The number of hydrogen-bond donors (Lipinski definition) is 0. The molecule has 4 saturated carbocycles. The van der Waals surface area contributed by atoms with Gasteiger partial charge in [0.25, 0.3) is 0 Å². The van der Waals surface area contributed by atoms with Gasteiger partial charge in [-0.2, -0.15) is 0 Å². The van der Waals surface area contributed by atoms with Crippen molar-refractivity contribution >= 4 is 0 Å². The molecule has 0 bridgehead atoms. The molecular formula is C31H58. The van der Waals surface area contributed by atoms with Gasteiger partial charge < -0.3 is 0 Å². The van der Waals surface area contributed by atoms with E-state index >= 15 is 0 Å². The first kappa shape index (κ1) is 25.6. The summed E-state index contributed by atoms with van der Waals surface area (Å²) >= 11 is 0. The van der Waals surface area contributed by atoms with E-state index in [1.54, 1.807) is 44.9 Å². The highest BCUT2D eigenvalue weighted by atomic mass is 14.6.